The van der Waals surface area contributed by atoms with Crippen LogP contribution in [-0.2, 0) is 0 Å². The van der Waals surface area contributed by atoms with Crippen molar-refractivity contribution in [1.82, 2.24) is 19.6 Å². The minimum atomic E-state index is -2.88. The molecule has 0 saturated heterocycles. The van der Waals surface area contributed by atoms with Gasteiger partial charge in [0.1, 0.15) is 17.5 Å². The van der Waals surface area contributed by atoms with E-state index in [1.54, 1.807) is 6.92 Å². The third-order valence-corrected chi connectivity index (χ3v) is 5.08. The average molecular weight is 450 g/mol. The Balaban J connectivity index is 1.83. The maximum absolute atomic E-state index is 14.5. The molecule has 0 saturated carbocycles. The number of aryl methyl sites for hydroxylation is 1. The first-order valence-electron chi connectivity index (χ1n) is 8.51. The smallest absolute Gasteiger partial charge is 0.266 e. The van der Waals surface area contributed by atoms with Crippen molar-refractivity contribution in [2.75, 3.05) is 5.32 Å². The molecule has 0 aliphatic rings. The molecule has 2 aromatic carbocycles. The summed E-state index contributed by atoms with van der Waals surface area (Å²) >= 11 is 3.45. The Hall–Kier alpha value is -2.68. The van der Waals surface area contributed by atoms with Crippen LogP contribution in [0.2, 0.25) is 0 Å². The lowest BCUT2D eigenvalue weighted by Crippen LogP contribution is -2.12. The largest absolute Gasteiger partial charge is 0.363 e. The van der Waals surface area contributed by atoms with E-state index in [4.69, 9.17) is 0 Å². The number of hydrogen-bond acceptors (Lipinski definition) is 4. The van der Waals surface area contributed by atoms with Gasteiger partial charge in [0, 0.05) is 15.4 Å². The van der Waals surface area contributed by atoms with Gasteiger partial charge in [-0.25, -0.2) is 13.2 Å². The molecule has 1 unspecified atom stereocenters. The van der Waals surface area contributed by atoms with Gasteiger partial charge in [0.25, 0.3) is 12.2 Å². The Kier molecular flexibility index (Phi) is 4.70. The van der Waals surface area contributed by atoms with Crippen LogP contribution < -0.4 is 5.32 Å². The van der Waals surface area contributed by atoms with Crippen LogP contribution in [-0.4, -0.2) is 19.6 Å². The minimum Gasteiger partial charge on any atom is -0.363 e. The maximum atomic E-state index is 14.5. The van der Waals surface area contributed by atoms with Crippen LogP contribution in [0.4, 0.5) is 19.0 Å². The third kappa shape index (κ3) is 3.09. The number of nitrogens with zero attached hydrogens (tertiary/aromatic N) is 4. The van der Waals surface area contributed by atoms with Crippen molar-refractivity contribution in [1.29, 1.82) is 0 Å². The summed E-state index contributed by atoms with van der Waals surface area (Å²) in [7, 11) is 0. The average Bonchev–Trinajstić information content (AvgIpc) is 3.02. The molecule has 4 aromatic rings. The fraction of sp³-hybridized carbons (Fsp3) is 0.211. The number of hydrogen-bond donors (Lipinski definition) is 1. The van der Waals surface area contributed by atoms with Crippen LogP contribution >= 0.6 is 15.9 Å². The number of rotatable bonds is 4. The molecule has 0 aliphatic heterocycles. The van der Waals surface area contributed by atoms with E-state index in [1.165, 1.54) is 12.1 Å². The number of benzene rings is 2. The number of alkyl halides is 2. The summed E-state index contributed by atoms with van der Waals surface area (Å²) in [6.45, 7) is 3.52. The predicted molar refractivity (Wildman–Crippen MR) is 104 cm³/mol. The quantitative estimate of drug-likeness (QED) is 0.440. The van der Waals surface area contributed by atoms with Gasteiger partial charge < -0.3 is 5.32 Å². The van der Waals surface area contributed by atoms with E-state index < -0.39 is 23.8 Å². The van der Waals surface area contributed by atoms with Crippen LogP contribution in [0.1, 0.15) is 36.3 Å². The molecule has 0 aliphatic carbocycles. The van der Waals surface area contributed by atoms with Gasteiger partial charge in [0.15, 0.2) is 0 Å². The standard InChI is InChI=1S/C19H15BrF3N5/c1-9(12-4-3-5-13(16(12)21)17(22)23)24-18-14-8-11(20)6-7-15(14)28-10(2)26-27-19(28)25-18/h3-9,17H,1-2H3,(H,24,25,27). The lowest BCUT2D eigenvalue weighted by atomic mass is 10.0. The van der Waals surface area contributed by atoms with E-state index in [2.05, 4.69) is 36.4 Å². The summed E-state index contributed by atoms with van der Waals surface area (Å²) in [5, 5.41) is 12.0. The lowest BCUT2D eigenvalue weighted by Gasteiger charge is -2.19. The SMILES string of the molecule is Cc1nnc2nc(NC(C)c3cccc(C(F)F)c3F)c3cc(Br)ccc3n12. The summed E-state index contributed by atoms with van der Waals surface area (Å²) in [6, 6.07) is 9.06. The second-order valence-corrected chi connectivity index (χ2v) is 7.34. The van der Waals surface area contributed by atoms with E-state index in [1.807, 2.05) is 29.5 Å². The van der Waals surface area contributed by atoms with Gasteiger partial charge in [-0.2, -0.15) is 4.98 Å². The third-order valence-electron chi connectivity index (χ3n) is 4.59. The summed E-state index contributed by atoms with van der Waals surface area (Å²) in [4.78, 5) is 4.50. The van der Waals surface area contributed by atoms with Gasteiger partial charge in [0.2, 0.25) is 0 Å². The number of fused-ring (bicyclic) bond motifs is 3. The summed E-state index contributed by atoms with van der Waals surface area (Å²) in [6.07, 6.45) is -2.88. The summed E-state index contributed by atoms with van der Waals surface area (Å²) in [5.74, 6) is 0.627. The van der Waals surface area contributed by atoms with Crippen LogP contribution in [0, 0.1) is 12.7 Å². The molecule has 4 rings (SSSR count). The van der Waals surface area contributed by atoms with E-state index in [0.717, 1.165) is 21.4 Å². The second-order valence-electron chi connectivity index (χ2n) is 6.42. The van der Waals surface area contributed by atoms with Crippen LogP contribution in [0.5, 0.6) is 0 Å². The van der Waals surface area contributed by atoms with Crippen LogP contribution in [0.3, 0.4) is 0 Å². The number of halogens is 4. The highest BCUT2D eigenvalue weighted by molar-refractivity contribution is 9.10. The highest BCUT2D eigenvalue weighted by Gasteiger charge is 2.21. The Labute approximate surface area is 166 Å². The zero-order chi connectivity index (χ0) is 20.0. The van der Waals surface area contributed by atoms with Gasteiger partial charge in [-0.1, -0.05) is 34.1 Å². The predicted octanol–water partition coefficient (Wildman–Crippen LogP) is 5.60. The molecule has 144 valence electrons. The summed E-state index contributed by atoms with van der Waals surface area (Å²) < 4.78 is 43.3. The topological polar surface area (TPSA) is 55.1 Å². The molecule has 0 spiro atoms. The number of aromatic nitrogens is 4. The normalized spacial score (nSPS) is 12.8. The molecule has 5 nitrogen and oxygen atoms in total. The zero-order valence-corrected chi connectivity index (χ0v) is 16.5. The zero-order valence-electron chi connectivity index (χ0n) is 14.9. The molecule has 1 atom stereocenters. The Morgan fingerprint density at radius 1 is 1.11 bits per heavy atom. The molecular weight excluding hydrogens is 435 g/mol. The van der Waals surface area contributed by atoms with Crippen molar-refractivity contribution in [3.8, 4) is 0 Å². The monoisotopic (exact) mass is 449 g/mol. The first kappa shape index (κ1) is 18.7. The highest BCUT2D eigenvalue weighted by atomic mass is 79.9. The molecule has 0 radical (unpaired) electrons. The first-order valence-corrected chi connectivity index (χ1v) is 9.30. The van der Waals surface area contributed by atoms with Crippen molar-refractivity contribution in [2.24, 2.45) is 0 Å². The minimum absolute atomic E-state index is 0.139. The van der Waals surface area contributed by atoms with E-state index >= 15 is 0 Å². The summed E-state index contributed by atoms with van der Waals surface area (Å²) in [5.41, 5.74) is 0.350. The van der Waals surface area contributed by atoms with Crippen molar-refractivity contribution in [3.63, 3.8) is 0 Å². The van der Waals surface area contributed by atoms with Crippen LogP contribution in [0.15, 0.2) is 40.9 Å². The fourth-order valence-corrected chi connectivity index (χ4v) is 3.58. The van der Waals surface area contributed by atoms with E-state index in [-0.39, 0.29) is 5.56 Å². The Bertz CT molecular complexity index is 1190. The molecule has 0 bridgehead atoms. The molecule has 0 amide bonds. The van der Waals surface area contributed by atoms with Gasteiger partial charge in [-0.3, -0.25) is 4.40 Å². The molecule has 0 fully saturated rings. The number of nitrogens with one attached hydrogen (secondary N) is 1. The number of anilines is 1. The maximum Gasteiger partial charge on any atom is 0.266 e. The highest BCUT2D eigenvalue weighted by Crippen LogP contribution is 2.32. The second kappa shape index (κ2) is 7.05. The lowest BCUT2D eigenvalue weighted by molar-refractivity contribution is 0.146. The molecule has 2 aromatic heterocycles. The fourth-order valence-electron chi connectivity index (χ4n) is 3.22. The van der Waals surface area contributed by atoms with Crippen LogP contribution in [0.25, 0.3) is 16.7 Å². The van der Waals surface area contributed by atoms with Gasteiger partial charge in [0.05, 0.1) is 17.1 Å². The van der Waals surface area contributed by atoms with E-state index in [9.17, 15) is 13.2 Å². The van der Waals surface area contributed by atoms with Crippen molar-refractivity contribution in [3.05, 3.63) is 63.6 Å². The van der Waals surface area contributed by atoms with Gasteiger partial charge in [-0.05, 0) is 32.0 Å². The Morgan fingerprint density at radius 3 is 2.61 bits per heavy atom. The van der Waals surface area contributed by atoms with Crippen molar-refractivity contribution < 1.29 is 13.2 Å². The Morgan fingerprint density at radius 2 is 1.86 bits per heavy atom. The molecule has 2 heterocycles. The molecular formula is C19H15BrF3N5. The molecule has 28 heavy (non-hydrogen) atoms. The molecule has 1 N–H and O–H groups in total. The van der Waals surface area contributed by atoms with Crippen molar-refractivity contribution in [2.45, 2.75) is 26.3 Å². The molecule has 9 heteroatoms. The van der Waals surface area contributed by atoms with Gasteiger partial charge in [-0.15, -0.1) is 10.2 Å². The first-order chi connectivity index (χ1) is 13.4. The van der Waals surface area contributed by atoms with E-state index in [0.29, 0.717) is 17.4 Å². The van der Waals surface area contributed by atoms with Gasteiger partial charge >= 0.3 is 0 Å². The van der Waals surface area contributed by atoms with Crippen molar-refractivity contribution >= 4 is 38.4 Å².